The molecule has 0 saturated carbocycles. The third kappa shape index (κ3) is 6.30. The smallest absolute Gasteiger partial charge is 0.369 e. The predicted octanol–water partition coefficient (Wildman–Crippen LogP) is 4.30. The number of nitrogens with zero attached hydrogens (tertiary/aromatic N) is 2. The van der Waals surface area contributed by atoms with Crippen LogP contribution in [0.4, 0.5) is 18.9 Å². The molecule has 0 saturated heterocycles. The van der Waals surface area contributed by atoms with Gasteiger partial charge in [0, 0.05) is 18.2 Å². The van der Waals surface area contributed by atoms with Gasteiger partial charge in [0.05, 0.1) is 28.8 Å². The van der Waals surface area contributed by atoms with Crippen LogP contribution in [0.1, 0.15) is 43.4 Å². The minimum absolute atomic E-state index is 0.0420. The average molecular weight is 529 g/mol. The molecule has 2 unspecified atom stereocenters. The number of alkyl halides is 3. The Balaban J connectivity index is 2.07. The van der Waals surface area contributed by atoms with Gasteiger partial charge in [-0.25, -0.2) is 4.99 Å². The lowest BCUT2D eigenvalue weighted by atomic mass is 9.82. The number of benzodiazepines with no additional fused rings is 1. The Morgan fingerprint density at radius 3 is 2.32 bits per heavy atom. The first-order valence-electron chi connectivity index (χ1n) is 12.2. The van der Waals surface area contributed by atoms with Crippen molar-refractivity contribution in [1.29, 1.82) is 0 Å². The summed E-state index contributed by atoms with van der Waals surface area (Å²) in [5, 5.41) is 2.67. The van der Waals surface area contributed by atoms with Crippen LogP contribution >= 0.6 is 0 Å². The van der Waals surface area contributed by atoms with E-state index in [4.69, 9.17) is 5.73 Å². The highest BCUT2D eigenvalue weighted by molar-refractivity contribution is 6.20. The van der Waals surface area contributed by atoms with Crippen LogP contribution in [0.25, 0.3) is 0 Å². The first kappa shape index (κ1) is 28.6. The number of rotatable bonds is 9. The molecule has 7 nitrogen and oxygen atoms in total. The zero-order valence-corrected chi connectivity index (χ0v) is 21.5. The molecule has 0 aromatic heterocycles. The van der Waals surface area contributed by atoms with Gasteiger partial charge in [-0.05, 0) is 37.0 Å². The molecule has 3 N–H and O–H groups in total. The van der Waals surface area contributed by atoms with Crippen molar-refractivity contribution >= 4 is 29.1 Å². The van der Waals surface area contributed by atoms with Crippen molar-refractivity contribution in [3.63, 3.8) is 0 Å². The second-order valence-electron chi connectivity index (χ2n) is 9.65. The van der Waals surface area contributed by atoms with Crippen LogP contribution in [0.3, 0.4) is 0 Å². The van der Waals surface area contributed by atoms with Gasteiger partial charge in [0.2, 0.25) is 18.0 Å². The topological polar surface area (TPSA) is 105 Å². The Morgan fingerprint density at radius 1 is 1.13 bits per heavy atom. The van der Waals surface area contributed by atoms with E-state index in [1.807, 2.05) is 13.8 Å². The van der Waals surface area contributed by atoms with Crippen molar-refractivity contribution < 1.29 is 27.6 Å². The zero-order chi connectivity index (χ0) is 28.2. The Morgan fingerprint density at radius 2 is 1.76 bits per heavy atom. The number of primary amides is 1. The summed E-state index contributed by atoms with van der Waals surface area (Å²) in [7, 11) is 1.53. The summed E-state index contributed by atoms with van der Waals surface area (Å²) in [6, 6.07) is 11.3. The number of halogens is 3. The predicted molar refractivity (Wildman–Crippen MR) is 139 cm³/mol. The number of likely N-dealkylation sites (N-methyl/N-ethyl adjacent to an activating group) is 1. The Labute approximate surface area is 219 Å². The van der Waals surface area contributed by atoms with Crippen molar-refractivity contribution in [2.45, 2.75) is 39.0 Å². The third-order valence-corrected chi connectivity index (χ3v) is 6.44. The van der Waals surface area contributed by atoms with Gasteiger partial charge in [0.1, 0.15) is 0 Å². The number of anilines is 1. The number of carbonyl (C=O) groups is 3. The second kappa shape index (κ2) is 11.6. The van der Waals surface area contributed by atoms with Crippen LogP contribution in [0.2, 0.25) is 0 Å². The number of hydrogen-bond acceptors (Lipinski definition) is 4. The standard InChI is InChI=1S/C28H31F3N4O3/c1-5-8-19(24(32)36)21(15-16(2)3)26(37)34-25-27(38)35(4)22-10-7-6-9-20(22)23(33-25)17-11-13-18(14-12-17)28(29,30)31/h5-7,9-14,16,19,21,25H,1,8,15H2,2-4H3,(H2,32,36)(H,34,37)/t19?,21?,25-/m0/s1. The van der Waals surface area contributed by atoms with Gasteiger partial charge >= 0.3 is 6.18 Å². The summed E-state index contributed by atoms with van der Waals surface area (Å²) in [5.41, 5.74) is 6.35. The van der Waals surface area contributed by atoms with E-state index in [-0.39, 0.29) is 18.1 Å². The highest BCUT2D eigenvalue weighted by Gasteiger charge is 2.37. The summed E-state index contributed by atoms with van der Waals surface area (Å²) in [5.74, 6) is -3.40. The molecule has 10 heteroatoms. The molecule has 2 aromatic rings. The molecule has 38 heavy (non-hydrogen) atoms. The Kier molecular flexibility index (Phi) is 8.75. The quantitative estimate of drug-likeness (QED) is 0.474. The van der Waals surface area contributed by atoms with Crippen molar-refractivity contribution in [2.75, 3.05) is 11.9 Å². The lowest BCUT2D eigenvalue weighted by Gasteiger charge is -2.27. The van der Waals surface area contributed by atoms with Crippen molar-refractivity contribution in [1.82, 2.24) is 5.32 Å². The van der Waals surface area contributed by atoms with Crippen molar-refractivity contribution in [3.8, 4) is 0 Å². The molecular formula is C28H31F3N4O3. The van der Waals surface area contributed by atoms with Crippen LogP contribution in [-0.2, 0) is 20.6 Å². The first-order valence-corrected chi connectivity index (χ1v) is 12.2. The molecule has 2 aromatic carbocycles. The van der Waals surface area contributed by atoms with E-state index in [1.54, 1.807) is 24.3 Å². The van der Waals surface area contributed by atoms with Gasteiger partial charge < -0.3 is 16.0 Å². The van der Waals surface area contributed by atoms with E-state index in [9.17, 15) is 27.6 Å². The molecule has 0 bridgehead atoms. The maximum absolute atomic E-state index is 13.5. The van der Waals surface area contributed by atoms with Gasteiger partial charge in [0.25, 0.3) is 5.91 Å². The van der Waals surface area contributed by atoms with E-state index in [0.717, 1.165) is 12.1 Å². The maximum atomic E-state index is 13.5. The second-order valence-corrected chi connectivity index (χ2v) is 9.65. The molecule has 0 aliphatic carbocycles. The molecule has 202 valence electrons. The molecular weight excluding hydrogens is 497 g/mol. The maximum Gasteiger partial charge on any atom is 0.416 e. The fourth-order valence-corrected chi connectivity index (χ4v) is 4.53. The number of amides is 3. The number of carbonyl (C=O) groups excluding carboxylic acids is 3. The monoisotopic (exact) mass is 528 g/mol. The average Bonchev–Trinajstić information content (AvgIpc) is 2.96. The molecule has 0 fully saturated rings. The number of allylic oxidation sites excluding steroid dienone is 1. The van der Waals surface area contributed by atoms with Gasteiger partial charge in [-0.2, -0.15) is 13.2 Å². The minimum Gasteiger partial charge on any atom is -0.369 e. The molecule has 3 atom stereocenters. The minimum atomic E-state index is -4.51. The Hall–Kier alpha value is -3.95. The van der Waals surface area contributed by atoms with E-state index in [2.05, 4.69) is 16.9 Å². The number of para-hydroxylation sites is 1. The fourth-order valence-electron chi connectivity index (χ4n) is 4.53. The molecule has 3 amide bonds. The summed E-state index contributed by atoms with van der Waals surface area (Å²) in [6.45, 7) is 7.44. The summed E-state index contributed by atoms with van der Waals surface area (Å²) < 4.78 is 39.4. The fraction of sp³-hybridized carbons (Fsp3) is 0.357. The lowest BCUT2D eigenvalue weighted by molar-refractivity contribution is -0.137. The summed E-state index contributed by atoms with van der Waals surface area (Å²) >= 11 is 0. The number of nitrogens with two attached hydrogens (primary N) is 1. The van der Waals surface area contributed by atoms with Gasteiger partial charge in [-0.15, -0.1) is 6.58 Å². The molecule has 1 aliphatic heterocycles. The first-order chi connectivity index (χ1) is 17.8. The van der Waals surface area contributed by atoms with E-state index in [1.165, 1.54) is 30.2 Å². The summed E-state index contributed by atoms with van der Waals surface area (Å²) in [6.07, 6.45) is -3.87. The Bertz CT molecular complexity index is 1240. The SMILES string of the molecule is C=CCC(C(N)=O)C(CC(C)C)C(=O)N[C@@H]1N=C(c2ccc(C(F)(F)F)cc2)c2ccccc2N(C)C1=O. The zero-order valence-electron chi connectivity index (χ0n) is 21.5. The number of aliphatic imine (C=N–C) groups is 1. The van der Waals surface area contributed by atoms with Crippen LogP contribution < -0.4 is 16.0 Å². The van der Waals surface area contributed by atoms with Crippen LogP contribution in [0, 0.1) is 17.8 Å². The van der Waals surface area contributed by atoms with E-state index in [0.29, 0.717) is 23.2 Å². The molecule has 0 spiro atoms. The molecule has 1 aliphatic rings. The van der Waals surface area contributed by atoms with Crippen LogP contribution in [0.5, 0.6) is 0 Å². The highest BCUT2D eigenvalue weighted by atomic mass is 19.4. The number of fused-ring (bicyclic) bond motifs is 1. The summed E-state index contributed by atoms with van der Waals surface area (Å²) in [4.78, 5) is 45.0. The van der Waals surface area contributed by atoms with E-state index < -0.39 is 47.5 Å². The molecule has 3 rings (SSSR count). The van der Waals surface area contributed by atoms with Crippen molar-refractivity contribution in [2.24, 2.45) is 28.5 Å². The normalized spacial score (nSPS) is 17.2. The largest absolute Gasteiger partial charge is 0.416 e. The van der Waals surface area contributed by atoms with Crippen molar-refractivity contribution in [3.05, 3.63) is 77.9 Å². The number of benzene rings is 2. The van der Waals surface area contributed by atoms with E-state index >= 15 is 0 Å². The van der Waals surface area contributed by atoms with Crippen LogP contribution in [-0.4, -0.2) is 36.6 Å². The van der Waals surface area contributed by atoms with Gasteiger partial charge in [-0.3, -0.25) is 14.4 Å². The third-order valence-electron chi connectivity index (χ3n) is 6.44. The van der Waals surface area contributed by atoms with Gasteiger partial charge in [-0.1, -0.05) is 50.3 Å². The number of nitrogens with one attached hydrogen (secondary N) is 1. The van der Waals surface area contributed by atoms with Crippen LogP contribution in [0.15, 0.2) is 66.2 Å². The lowest BCUT2D eigenvalue weighted by Crippen LogP contribution is -2.50. The molecule has 1 heterocycles. The highest BCUT2D eigenvalue weighted by Crippen LogP contribution is 2.32. The number of hydrogen-bond donors (Lipinski definition) is 2. The molecule has 0 radical (unpaired) electrons. The van der Waals surface area contributed by atoms with Gasteiger partial charge in [0.15, 0.2) is 0 Å².